The first kappa shape index (κ1) is 11.1. The number of hydrogen-bond acceptors (Lipinski definition) is 2. The van der Waals surface area contributed by atoms with Gasteiger partial charge in [0, 0.05) is 5.56 Å². The van der Waals surface area contributed by atoms with Crippen LogP contribution in [0.3, 0.4) is 0 Å². The van der Waals surface area contributed by atoms with Gasteiger partial charge >= 0.3 is 0 Å². The summed E-state index contributed by atoms with van der Waals surface area (Å²) >= 11 is 0. The molecule has 0 aliphatic rings. The maximum absolute atomic E-state index is 11.4. The van der Waals surface area contributed by atoms with Crippen molar-refractivity contribution in [3.05, 3.63) is 60.2 Å². The molecule has 0 fully saturated rings. The Morgan fingerprint density at radius 3 is 2.06 bits per heavy atom. The molecule has 0 unspecified atom stereocenters. The second-order valence-electron chi connectivity index (χ2n) is 3.53. The molecule has 0 bridgehead atoms. The fourth-order valence-electron chi connectivity index (χ4n) is 1.58. The molecule has 3 nitrogen and oxygen atoms in total. The highest BCUT2D eigenvalue weighted by molar-refractivity contribution is 6.00. The van der Waals surface area contributed by atoms with Crippen LogP contribution in [0.4, 0.5) is 0 Å². The SMILES string of the molecule is O=CNC(=O)c1ccc(-c2ccccc2)cc1. The monoisotopic (exact) mass is 225 g/mol. The maximum Gasteiger partial charge on any atom is 0.257 e. The summed E-state index contributed by atoms with van der Waals surface area (Å²) in [6, 6.07) is 17.0. The van der Waals surface area contributed by atoms with E-state index in [2.05, 4.69) is 5.32 Å². The van der Waals surface area contributed by atoms with Crippen molar-refractivity contribution in [1.82, 2.24) is 5.32 Å². The van der Waals surface area contributed by atoms with E-state index < -0.39 is 0 Å². The number of carbonyl (C=O) groups excluding carboxylic acids is 2. The molecule has 2 amide bonds. The van der Waals surface area contributed by atoms with Gasteiger partial charge in [0.05, 0.1) is 0 Å². The van der Waals surface area contributed by atoms with Crippen molar-refractivity contribution in [3.8, 4) is 11.1 Å². The van der Waals surface area contributed by atoms with Gasteiger partial charge < -0.3 is 0 Å². The Hall–Kier alpha value is -2.42. The third-order valence-corrected chi connectivity index (χ3v) is 2.44. The molecule has 17 heavy (non-hydrogen) atoms. The van der Waals surface area contributed by atoms with Crippen molar-refractivity contribution in [1.29, 1.82) is 0 Å². The molecule has 84 valence electrons. The Bertz CT molecular complexity index is 518. The van der Waals surface area contributed by atoms with E-state index in [1.807, 2.05) is 42.5 Å². The molecule has 0 aliphatic heterocycles. The average Bonchev–Trinajstić information content (AvgIpc) is 2.40. The molecule has 0 atom stereocenters. The summed E-state index contributed by atoms with van der Waals surface area (Å²) in [5, 5.41) is 2.10. The average molecular weight is 225 g/mol. The molecule has 0 saturated heterocycles. The van der Waals surface area contributed by atoms with Crippen LogP contribution in [0.25, 0.3) is 11.1 Å². The smallest absolute Gasteiger partial charge is 0.257 e. The topological polar surface area (TPSA) is 46.2 Å². The lowest BCUT2D eigenvalue weighted by atomic mass is 10.0. The molecule has 2 rings (SSSR count). The summed E-state index contributed by atoms with van der Waals surface area (Å²) < 4.78 is 0. The number of hydrogen-bond donors (Lipinski definition) is 1. The van der Waals surface area contributed by atoms with Crippen LogP contribution in [0, 0.1) is 0 Å². The lowest BCUT2D eigenvalue weighted by Gasteiger charge is -2.03. The van der Waals surface area contributed by atoms with Crippen molar-refractivity contribution in [3.63, 3.8) is 0 Å². The fourth-order valence-corrected chi connectivity index (χ4v) is 1.58. The minimum atomic E-state index is -0.389. The van der Waals surface area contributed by atoms with Crippen molar-refractivity contribution in [2.24, 2.45) is 0 Å². The van der Waals surface area contributed by atoms with E-state index in [0.717, 1.165) is 11.1 Å². The lowest BCUT2D eigenvalue weighted by Crippen LogP contribution is -2.20. The molecular formula is C14H11NO2. The third-order valence-electron chi connectivity index (χ3n) is 2.44. The van der Waals surface area contributed by atoms with Crippen molar-refractivity contribution in [2.75, 3.05) is 0 Å². The van der Waals surface area contributed by atoms with Crippen LogP contribution in [-0.4, -0.2) is 12.3 Å². The van der Waals surface area contributed by atoms with Crippen LogP contribution in [0.5, 0.6) is 0 Å². The van der Waals surface area contributed by atoms with E-state index >= 15 is 0 Å². The van der Waals surface area contributed by atoms with Gasteiger partial charge in [0.1, 0.15) is 0 Å². The quantitative estimate of drug-likeness (QED) is 0.814. The highest BCUT2D eigenvalue weighted by Crippen LogP contribution is 2.18. The highest BCUT2D eigenvalue weighted by atomic mass is 16.2. The third kappa shape index (κ3) is 2.58. The van der Waals surface area contributed by atoms with Gasteiger partial charge in [-0.15, -0.1) is 0 Å². The van der Waals surface area contributed by atoms with E-state index in [1.165, 1.54) is 0 Å². The maximum atomic E-state index is 11.4. The molecule has 0 heterocycles. The Labute approximate surface area is 99.1 Å². The Kier molecular flexibility index (Phi) is 3.31. The van der Waals surface area contributed by atoms with Gasteiger partial charge in [0.25, 0.3) is 5.91 Å². The van der Waals surface area contributed by atoms with E-state index in [1.54, 1.807) is 12.1 Å². The van der Waals surface area contributed by atoms with Gasteiger partial charge in [-0.3, -0.25) is 14.9 Å². The Morgan fingerprint density at radius 1 is 0.882 bits per heavy atom. The standard InChI is InChI=1S/C14H11NO2/c16-10-15-14(17)13-8-6-12(7-9-13)11-4-2-1-3-5-11/h1-10H,(H,15,16,17). The lowest BCUT2D eigenvalue weighted by molar-refractivity contribution is -0.108. The number of carbonyl (C=O) groups is 2. The fraction of sp³-hybridized carbons (Fsp3) is 0. The molecular weight excluding hydrogens is 214 g/mol. The normalized spacial score (nSPS) is 9.65. The van der Waals surface area contributed by atoms with Crippen LogP contribution in [0.2, 0.25) is 0 Å². The zero-order chi connectivity index (χ0) is 12.1. The second-order valence-corrected chi connectivity index (χ2v) is 3.53. The van der Waals surface area contributed by atoms with Crippen molar-refractivity contribution >= 4 is 12.3 Å². The summed E-state index contributed by atoms with van der Waals surface area (Å²) in [6.45, 7) is 0. The van der Waals surface area contributed by atoms with Crippen LogP contribution in [-0.2, 0) is 4.79 Å². The minimum Gasteiger partial charge on any atom is -0.295 e. The molecule has 1 N–H and O–H groups in total. The van der Waals surface area contributed by atoms with Crippen molar-refractivity contribution in [2.45, 2.75) is 0 Å². The number of imide groups is 1. The summed E-state index contributed by atoms with van der Waals surface area (Å²) in [5.41, 5.74) is 2.60. The molecule has 0 aromatic heterocycles. The van der Waals surface area contributed by atoms with E-state index in [-0.39, 0.29) is 5.91 Å². The van der Waals surface area contributed by atoms with Crippen LogP contribution >= 0.6 is 0 Å². The Morgan fingerprint density at radius 2 is 1.47 bits per heavy atom. The Balaban J connectivity index is 2.24. The molecule has 2 aromatic carbocycles. The van der Waals surface area contributed by atoms with Gasteiger partial charge in [0.15, 0.2) is 0 Å². The molecule has 0 radical (unpaired) electrons. The van der Waals surface area contributed by atoms with Crippen molar-refractivity contribution < 1.29 is 9.59 Å². The van der Waals surface area contributed by atoms with Gasteiger partial charge in [0.2, 0.25) is 6.41 Å². The molecule has 2 aromatic rings. The highest BCUT2D eigenvalue weighted by Gasteiger charge is 2.04. The number of amides is 2. The van der Waals surface area contributed by atoms with Crippen LogP contribution < -0.4 is 5.32 Å². The largest absolute Gasteiger partial charge is 0.295 e. The zero-order valence-electron chi connectivity index (χ0n) is 9.09. The first-order valence-electron chi connectivity index (χ1n) is 5.21. The number of benzene rings is 2. The second kappa shape index (κ2) is 5.07. The van der Waals surface area contributed by atoms with Gasteiger partial charge in [-0.25, -0.2) is 0 Å². The van der Waals surface area contributed by atoms with Crippen LogP contribution in [0.1, 0.15) is 10.4 Å². The molecule has 0 aliphatic carbocycles. The van der Waals surface area contributed by atoms with E-state index in [0.29, 0.717) is 12.0 Å². The summed E-state index contributed by atoms with van der Waals surface area (Å²) in [6.07, 6.45) is 0.382. The van der Waals surface area contributed by atoms with Crippen LogP contribution in [0.15, 0.2) is 54.6 Å². The molecule has 3 heteroatoms. The minimum absolute atomic E-state index is 0.382. The predicted octanol–water partition coefficient (Wildman–Crippen LogP) is 2.24. The first-order chi connectivity index (χ1) is 8.31. The predicted molar refractivity (Wildman–Crippen MR) is 65.4 cm³/mol. The summed E-state index contributed by atoms with van der Waals surface area (Å²) in [5.74, 6) is -0.389. The molecule has 0 saturated carbocycles. The summed E-state index contributed by atoms with van der Waals surface area (Å²) in [7, 11) is 0. The van der Waals surface area contributed by atoms with Gasteiger partial charge in [-0.1, -0.05) is 42.5 Å². The van der Waals surface area contributed by atoms with E-state index in [4.69, 9.17) is 0 Å². The summed E-state index contributed by atoms with van der Waals surface area (Å²) in [4.78, 5) is 21.5. The number of nitrogens with one attached hydrogen (secondary N) is 1. The molecule has 0 spiro atoms. The zero-order valence-corrected chi connectivity index (χ0v) is 9.09. The van der Waals surface area contributed by atoms with Gasteiger partial charge in [-0.05, 0) is 23.3 Å². The van der Waals surface area contributed by atoms with E-state index in [9.17, 15) is 9.59 Å². The number of rotatable bonds is 3. The van der Waals surface area contributed by atoms with Gasteiger partial charge in [-0.2, -0.15) is 0 Å². The first-order valence-corrected chi connectivity index (χ1v) is 5.21.